The van der Waals surface area contributed by atoms with E-state index in [1.165, 1.54) is 0 Å². The summed E-state index contributed by atoms with van der Waals surface area (Å²) < 4.78 is 14.3. The van der Waals surface area contributed by atoms with Crippen molar-refractivity contribution in [3.8, 4) is 0 Å². The van der Waals surface area contributed by atoms with Crippen LogP contribution in [0.2, 0.25) is 0 Å². The third kappa shape index (κ3) is 3.07. The van der Waals surface area contributed by atoms with Crippen LogP contribution in [0, 0.1) is 12.7 Å². The summed E-state index contributed by atoms with van der Waals surface area (Å²) in [5.41, 5.74) is 8.78. The molecule has 0 aliphatic heterocycles. The quantitative estimate of drug-likeness (QED) is 0.936. The molecule has 1 aromatic heterocycles. The molecule has 0 radical (unpaired) electrons. The van der Waals surface area contributed by atoms with Crippen molar-refractivity contribution < 1.29 is 4.39 Å². The SMILES string of the molecule is Cc1cc(N(C)C)c2cc(CC(C)(C)N)cc(F)c2n1. The van der Waals surface area contributed by atoms with Crippen molar-refractivity contribution in [1.82, 2.24) is 4.98 Å². The molecule has 0 aliphatic rings. The zero-order chi connectivity index (χ0) is 15.1. The van der Waals surface area contributed by atoms with Crippen LogP contribution in [0.4, 0.5) is 10.1 Å². The van der Waals surface area contributed by atoms with Crippen molar-refractivity contribution in [3.63, 3.8) is 0 Å². The molecule has 20 heavy (non-hydrogen) atoms. The third-order valence-electron chi connectivity index (χ3n) is 3.17. The first kappa shape index (κ1) is 14.7. The number of nitrogens with zero attached hydrogens (tertiary/aromatic N) is 2. The Bertz CT molecular complexity index is 642. The number of rotatable bonds is 3. The van der Waals surface area contributed by atoms with Crippen LogP contribution in [0.5, 0.6) is 0 Å². The van der Waals surface area contributed by atoms with Gasteiger partial charge in [-0.25, -0.2) is 9.37 Å². The number of benzene rings is 1. The first-order valence-corrected chi connectivity index (χ1v) is 6.73. The largest absolute Gasteiger partial charge is 0.377 e. The van der Waals surface area contributed by atoms with E-state index >= 15 is 0 Å². The second kappa shape index (κ2) is 5.02. The van der Waals surface area contributed by atoms with E-state index in [1.54, 1.807) is 6.07 Å². The van der Waals surface area contributed by atoms with Gasteiger partial charge in [0.2, 0.25) is 0 Å². The van der Waals surface area contributed by atoms with Gasteiger partial charge in [0.15, 0.2) is 0 Å². The van der Waals surface area contributed by atoms with Gasteiger partial charge in [-0.2, -0.15) is 0 Å². The monoisotopic (exact) mass is 275 g/mol. The molecule has 3 nitrogen and oxygen atoms in total. The molecule has 0 saturated heterocycles. The molecule has 2 N–H and O–H groups in total. The fraction of sp³-hybridized carbons (Fsp3) is 0.438. The topological polar surface area (TPSA) is 42.1 Å². The lowest BCUT2D eigenvalue weighted by Crippen LogP contribution is -2.34. The van der Waals surface area contributed by atoms with E-state index in [2.05, 4.69) is 4.98 Å². The van der Waals surface area contributed by atoms with Crippen LogP contribution in [0.1, 0.15) is 25.1 Å². The van der Waals surface area contributed by atoms with E-state index < -0.39 is 0 Å². The van der Waals surface area contributed by atoms with Crippen LogP contribution in [0.15, 0.2) is 18.2 Å². The molecule has 4 heteroatoms. The lowest BCUT2D eigenvalue weighted by Gasteiger charge is -2.20. The van der Waals surface area contributed by atoms with E-state index in [9.17, 15) is 4.39 Å². The first-order chi connectivity index (χ1) is 9.17. The van der Waals surface area contributed by atoms with Gasteiger partial charge in [-0.3, -0.25) is 0 Å². The molecule has 0 saturated carbocycles. The van der Waals surface area contributed by atoms with Gasteiger partial charge in [0.1, 0.15) is 11.3 Å². The summed E-state index contributed by atoms with van der Waals surface area (Å²) in [4.78, 5) is 6.30. The number of anilines is 1. The highest BCUT2D eigenvalue weighted by atomic mass is 19.1. The van der Waals surface area contributed by atoms with E-state index in [-0.39, 0.29) is 11.4 Å². The summed E-state index contributed by atoms with van der Waals surface area (Å²) in [5.74, 6) is -0.284. The smallest absolute Gasteiger partial charge is 0.149 e. The van der Waals surface area contributed by atoms with Crippen LogP contribution in [-0.4, -0.2) is 24.6 Å². The fourth-order valence-electron chi connectivity index (χ4n) is 2.45. The maximum Gasteiger partial charge on any atom is 0.149 e. The van der Waals surface area contributed by atoms with Crippen molar-refractivity contribution in [2.45, 2.75) is 32.7 Å². The van der Waals surface area contributed by atoms with Gasteiger partial charge < -0.3 is 10.6 Å². The maximum absolute atomic E-state index is 14.3. The van der Waals surface area contributed by atoms with Crippen LogP contribution < -0.4 is 10.6 Å². The van der Waals surface area contributed by atoms with Crippen molar-refractivity contribution in [1.29, 1.82) is 0 Å². The second-order valence-corrected chi connectivity index (χ2v) is 6.32. The van der Waals surface area contributed by atoms with Crippen molar-refractivity contribution in [3.05, 3.63) is 35.3 Å². The van der Waals surface area contributed by atoms with Crippen molar-refractivity contribution >= 4 is 16.6 Å². The number of aryl methyl sites for hydroxylation is 1. The normalized spacial score (nSPS) is 11.9. The molecule has 1 aromatic carbocycles. The first-order valence-electron chi connectivity index (χ1n) is 6.73. The van der Waals surface area contributed by atoms with Gasteiger partial charge in [0.05, 0.1) is 0 Å². The molecular formula is C16H22FN3. The zero-order valence-electron chi connectivity index (χ0n) is 12.8. The highest BCUT2D eigenvalue weighted by Gasteiger charge is 2.16. The van der Waals surface area contributed by atoms with Crippen LogP contribution in [-0.2, 0) is 6.42 Å². The average Bonchev–Trinajstić information content (AvgIpc) is 2.27. The Labute approximate surface area is 119 Å². The Kier molecular flexibility index (Phi) is 3.69. The predicted molar refractivity (Wildman–Crippen MR) is 82.7 cm³/mol. The van der Waals surface area contributed by atoms with E-state index in [1.807, 2.05) is 51.9 Å². The van der Waals surface area contributed by atoms with E-state index in [0.717, 1.165) is 22.3 Å². The third-order valence-corrected chi connectivity index (χ3v) is 3.17. The predicted octanol–water partition coefficient (Wildman–Crippen LogP) is 3.03. The van der Waals surface area contributed by atoms with Crippen molar-refractivity contribution in [2.24, 2.45) is 5.73 Å². The molecule has 108 valence electrons. The van der Waals surface area contributed by atoms with Crippen LogP contribution >= 0.6 is 0 Å². The molecule has 1 heterocycles. The number of nitrogens with two attached hydrogens (primary N) is 1. The summed E-state index contributed by atoms with van der Waals surface area (Å²) in [6.07, 6.45) is 0.626. The molecule has 2 aromatic rings. The van der Waals surface area contributed by atoms with E-state index in [0.29, 0.717) is 11.9 Å². The molecule has 0 spiro atoms. The van der Waals surface area contributed by atoms with Crippen molar-refractivity contribution in [2.75, 3.05) is 19.0 Å². The number of aromatic nitrogens is 1. The molecule has 0 bridgehead atoms. The Balaban J connectivity index is 2.68. The molecule has 0 aliphatic carbocycles. The number of fused-ring (bicyclic) bond motifs is 1. The summed E-state index contributed by atoms with van der Waals surface area (Å²) >= 11 is 0. The minimum atomic E-state index is -0.365. The number of halogens is 1. The Morgan fingerprint density at radius 3 is 2.45 bits per heavy atom. The fourth-order valence-corrected chi connectivity index (χ4v) is 2.45. The Hall–Kier alpha value is -1.68. The lowest BCUT2D eigenvalue weighted by molar-refractivity contribution is 0.515. The van der Waals surface area contributed by atoms with E-state index in [4.69, 9.17) is 5.73 Å². The minimum absolute atomic E-state index is 0.284. The second-order valence-electron chi connectivity index (χ2n) is 6.32. The number of hydrogen-bond acceptors (Lipinski definition) is 3. The summed E-state index contributed by atoms with van der Waals surface area (Å²) in [6.45, 7) is 5.76. The standard InChI is InChI=1S/C16H22FN3/c1-10-6-14(20(4)5)12-7-11(9-16(2,3)18)8-13(17)15(12)19-10/h6-8H,9,18H2,1-5H3. The molecule has 2 rings (SSSR count). The van der Waals surface area contributed by atoms with Gasteiger partial charge in [-0.05, 0) is 51.0 Å². The molecular weight excluding hydrogens is 253 g/mol. The summed E-state index contributed by atoms with van der Waals surface area (Å²) in [7, 11) is 3.90. The maximum atomic E-state index is 14.3. The number of pyridine rings is 1. The number of hydrogen-bond donors (Lipinski definition) is 1. The van der Waals surface area contributed by atoms with Gasteiger partial charge in [0, 0.05) is 36.4 Å². The Morgan fingerprint density at radius 1 is 1.25 bits per heavy atom. The zero-order valence-corrected chi connectivity index (χ0v) is 12.8. The van der Waals surface area contributed by atoms with Gasteiger partial charge >= 0.3 is 0 Å². The summed E-state index contributed by atoms with van der Waals surface area (Å²) in [6, 6.07) is 5.51. The summed E-state index contributed by atoms with van der Waals surface area (Å²) in [5, 5.41) is 0.833. The highest BCUT2D eigenvalue weighted by Crippen LogP contribution is 2.29. The van der Waals surface area contributed by atoms with Gasteiger partial charge in [-0.1, -0.05) is 0 Å². The molecule has 0 fully saturated rings. The van der Waals surface area contributed by atoms with Crippen LogP contribution in [0.25, 0.3) is 10.9 Å². The average molecular weight is 275 g/mol. The molecule has 0 unspecified atom stereocenters. The molecule has 0 amide bonds. The molecule has 0 atom stereocenters. The minimum Gasteiger partial charge on any atom is -0.377 e. The highest BCUT2D eigenvalue weighted by molar-refractivity contribution is 5.92. The lowest BCUT2D eigenvalue weighted by atomic mass is 9.94. The van der Waals surface area contributed by atoms with Crippen LogP contribution in [0.3, 0.4) is 0 Å². The Morgan fingerprint density at radius 2 is 1.90 bits per heavy atom. The van der Waals surface area contributed by atoms with Gasteiger partial charge in [-0.15, -0.1) is 0 Å². The van der Waals surface area contributed by atoms with Gasteiger partial charge in [0.25, 0.3) is 0 Å².